The smallest absolute Gasteiger partial charge is 0.0654 e. The van der Waals surface area contributed by atoms with Gasteiger partial charge in [0.05, 0.1) is 7.85 Å². The van der Waals surface area contributed by atoms with Crippen LogP contribution in [-0.2, 0) is 0 Å². The van der Waals surface area contributed by atoms with E-state index in [1.807, 2.05) is 18.2 Å². The molecule has 0 aromatic heterocycles. The number of allylic oxidation sites excluding steroid dienone is 2. The van der Waals surface area contributed by atoms with Gasteiger partial charge in [0.15, 0.2) is 0 Å². The molecule has 1 aliphatic rings. The Morgan fingerprint density at radius 2 is 2.30 bits per heavy atom. The molecule has 1 nitrogen and oxygen atoms in total. The molecule has 0 aromatic rings. The molecule has 0 saturated carbocycles. The van der Waals surface area contributed by atoms with Gasteiger partial charge in [-0.3, -0.25) is 0 Å². The predicted molar refractivity (Wildman–Crippen MR) is 45.0 cm³/mol. The topological polar surface area (TPSA) is 26.0 Å². The summed E-state index contributed by atoms with van der Waals surface area (Å²) in [6.45, 7) is 0. The number of nitrogens with two attached hydrogens (primary N) is 1. The summed E-state index contributed by atoms with van der Waals surface area (Å²) in [6.07, 6.45) is 10.6. The molecule has 1 aliphatic carbocycles. The summed E-state index contributed by atoms with van der Waals surface area (Å²) in [7, 11) is 5.41. The van der Waals surface area contributed by atoms with Crippen LogP contribution in [0.15, 0.2) is 24.3 Å². The fourth-order valence-electron chi connectivity index (χ4n) is 1.14. The third-order valence-corrected chi connectivity index (χ3v) is 1.78. The van der Waals surface area contributed by atoms with Crippen LogP contribution in [0, 0.1) is 0 Å². The zero-order valence-electron chi connectivity index (χ0n) is 6.09. The van der Waals surface area contributed by atoms with Crippen LogP contribution in [-0.4, -0.2) is 13.4 Å². The second-order valence-corrected chi connectivity index (χ2v) is 2.76. The summed E-state index contributed by atoms with van der Waals surface area (Å²) in [6, 6.07) is 0. The molecule has 1 rings (SSSR count). The first kappa shape index (κ1) is 7.61. The predicted octanol–water partition coefficient (Wildman–Crippen LogP) is 1.18. The van der Waals surface area contributed by atoms with E-state index in [-0.39, 0.29) is 5.54 Å². The number of hydrogen-bond acceptors (Lipinski definition) is 1. The Bertz CT molecular complexity index is 163. The SMILES string of the molecule is [B]CCC1(N)C=CC=CC1. The van der Waals surface area contributed by atoms with Crippen molar-refractivity contribution >= 4 is 7.85 Å². The highest BCUT2D eigenvalue weighted by molar-refractivity contribution is 6.08. The Balaban J connectivity index is 2.52. The van der Waals surface area contributed by atoms with Crippen LogP contribution >= 0.6 is 0 Å². The molecule has 0 heterocycles. The molecule has 2 radical (unpaired) electrons. The molecule has 0 spiro atoms. The van der Waals surface area contributed by atoms with Gasteiger partial charge < -0.3 is 5.73 Å². The zero-order chi connectivity index (χ0) is 7.45. The van der Waals surface area contributed by atoms with Gasteiger partial charge in [0.2, 0.25) is 0 Å². The lowest BCUT2D eigenvalue weighted by atomic mass is 9.83. The van der Waals surface area contributed by atoms with E-state index in [4.69, 9.17) is 13.6 Å². The molecule has 2 heteroatoms. The summed E-state index contributed by atoms with van der Waals surface area (Å²) in [5, 5.41) is 0. The van der Waals surface area contributed by atoms with Crippen LogP contribution < -0.4 is 5.73 Å². The van der Waals surface area contributed by atoms with Gasteiger partial charge in [-0.15, -0.1) is 0 Å². The van der Waals surface area contributed by atoms with Crippen LogP contribution in [0.5, 0.6) is 0 Å². The molecule has 2 N–H and O–H groups in total. The molecule has 10 heavy (non-hydrogen) atoms. The molecule has 0 bridgehead atoms. The third-order valence-electron chi connectivity index (χ3n) is 1.78. The van der Waals surface area contributed by atoms with E-state index in [9.17, 15) is 0 Å². The van der Waals surface area contributed by atoms with Gasteiger partial charge in [-0.25, -0.2) is 0 Å². The molecular weight excluding hydrogens is 121 g/mol. The van der Waals surface area contributed by atoms with Crippen molar-refractivity contribution in [3.8, 4) is 0 Å². The Labute approximate surface area is 63.4 Å². The van der Waals surface area contributed by atoms with Crippen molar-refractivity contribution in [1.82, 2.24) is 0 Å². The average Bonchev–Trinajstić information content (AvgIpc) is 1.89. The molecular formula is C8H12BN. The minimum Gasteiger partial charge on any atom is -0.322 e. The van der Waals surface area contributed by atoms with Gasteiger partial charge in [-0.1, -0.05) is 30.6 Å². The molecule has 1 unspecified atom stereocenters. The molecule has 52 valence electrons. The van der Waals surface area contributed by atoms with Crippen molar-refractivity contribution in [2.45, 2.75) is 24.7 Å². The van der Waals surface area contributed by atoms with Gasteiger partial charge >= 0.3 is 0 Å². The summed E-state index contributed by atoms with van der Waals surface area (Å²) in [5.74, 6) is 0. The van der Waals surface area contributed by atoms with Crippen LogP contribution in [0.4, 0.5) is 0 Å². The average molecular weight is 133 g/mol. The molecule has 0 fully saturated rings. The van der Waals surface area contributed by atoms with Gasteiger partial charge in [0.25, 0.3) is 0 Å². The molecule has 0 amide bonds. The Kier molecular flexibility index (Phi) is 2.33. The Morgan fingerprint density at radius 1 is 1.50 bits per heavy atom. The van der Waals surface area contributed by atoms with Gasteiger partial charge in [-0.2, -0.15) is 0 Å². The van der Waals surface area contributed by atoms with E-state index in [1.165, 1.54) is 0 Å². The first-order valence-corrected chi connectivity index (χ1v) is 3.60. The quantitative estimate of drug-likeness (QED) is 0.562. The monoisotopic (exact) mass is 133 g/mol. The number of rotatable bonds is 2. The lowest BCUT2D eigenvalue weighted by Gasteiger charge is -2.25. The molecule has 0 aliphatic heterocycles. The van der Waals surface area contributed by atoms with Crippen LogP contribution in [0.3, 0.4) is 0 Å². The minimum atomic E-state index is -0.163. The highest BCUT2D eigenvalue weighted by atomic mass is 14.7. The van der Waals surface area contributed by atoms with E-state index in [1.54, 1.807) is 0 Å². The third kappa shape index (κ3) is 1.74. The highest BCUT2D eigenvalue weighted by Crippen LogP contribution is 2.19. The van der Waals surface area contributed by atoms with E-state index >= 15 is 0 Å². The second-order valence-electron chi connectivity index (χ2n) is 2.76. The fraction of sp³-hybridized carbons (Fsp3) is 0.500. The highest BCUT2D eigenvalue weighted by Gasteiger charge is 2.18. The normalized spacial score (nSPS) is 30.9. The summed E-state index contributed by atoms with van der Waals surface area (Å²) >= 11 is 0. The first-order chi connectivity index (χ1) is 4.77. The minimum absolute atomic E-state index is 0.163. The van der Waals surface area contributed by atoms with Crippen molar-refractivity contribution in [3.05, 3.63) is 24.3 Å². The Hall–Kier alpha value is -0.495. The maximum Gasteiger partial charge on any atom is 0.0654 e. The van der Waals surface area contributed by atoms with Crippen LogP contribution in [0.1, 0.15) is 12.8 Å². The molecule has 0 saturated heterocycles. The fourth-order valence-corrected chi connectivity index (χ4v) is 1.14. The summed E-state index contributed by atoms with van der Waals surface area (Å²) in [5.41, 5.74) is 5.79. The summed E-state index contributed by atoms with van der Waals surface area (Å²) in [4.78, 5) is 0. The van der Waals surface area contributed by atoms with Gasteiger partial charge in [0.1, 0.15) is 0 Å². The zero-order valence-corrected chi connectivity index (χ0v) is 6.09. The Morgan fingerprint density at radius 3 is 2.80 bits per heavy atom. The second kappa shape index (κ2) is 3.06. The lowest BCUT2D eigenvalue weighted by Crippen LogP contribution is -2.37. The maximum atomic E-state index is 5.95. The van der Waals surface area contributed by atoms with Crippen molar-refractivity contribution in [3.63, 3.8) is 0 Å². The van der Waals surface area contributed by atoms with Crippen molar-refractivity contribution in [2.75, 3.05) is 0 Å². The van der Waals surface area contributed by atoms with Crippen LogP contribution in [0.2, 0.25) is 6.32 Å². The van der Waals surface area contributed by atoms with Crippen molar-refractivity contribution in [1.29, 1.82) is 0 Å². The molecule has 0 aromatic carbocycles. The maximum absolute atomic E-state index is 5.95. The summed E-state index contributed by atoms with van der Waals surface area (Å²) < 4.78 is 0. The van der Waals surface area contributed by atoms with Crippen LogP contribution in [0.25, 0.3) is 0 Å². The van der Waals surface area contributed by atoms with Gasteiger partial charge in [0, 0.05) is 5.54 Å². The van der Waals surface area contributed by atoms with E-state index in [2.05, 4.69) is 6.08 Å². The van der Waals surface area contributed by atoms with E-state index in [0.29, 0.717) is 6.32 Å². The van der Waals surface area contributed by atoms with E-state index < -0.39 is 0 Å². The van der Waals surface area contributed by atoms with Gasteiger partial charge in [-0.05, 0) is 12.8 Å². The standard InChI is InChI=1S/C8H12BN/c9-7-6-8(10)4-2-1-3-5-8/h1-4H,5-7,10H2. The largest absolute Gasteiger partial charge is 0.322 e. The van der Waals surface area contributed by atoms with Crippen molar-refractivity contribution < 1.29 is 0 Å². The lowest BCUT2D eigenvalue weighted by molar-refractivity contribution is 0.513. The van der Waals surface area contributed by atoms with Crippen molar-refractivity contribution in [2.24, 2.45) is 5.73 Å². The molecule has 1 atom stereocenters. The van der Waals surface area contributed by atoms with E-state index in [0.717, 1.165) is 12.8 Å². The number of hydrogen-bond donors (Lipinski definition) is 1. The first-order valence-electron chi connectivity index (χ1n) is 3.60.